The number of para-hydroxylation sites is 1. The number of fused-ring (bicyclic) bond motifs is 1. The van der Waals surface area contributed by atoms with Crippen LogP contribution in [0.25, 0.3) is 10.8 Å². The van der Waals surface area contributed by atoms with Crippen LogP contribution >= 0.6 is 0 Å². The van der Waals surface area contributed by atoms with Crippen LogP contribution in [0.1, 0.15) is 21.5 Å². The molecule has 0 radical (unpaired) electrons. The van der Waals surface area contributed by atoms with Crippen LogP contribution in [0, 0.1) is 0 Å². The molecule has 1 aliphatic heterocycles. The van der Waals surface area contributed by atoms with E-state index in [0.717, 1.165) is 43.5 Å². The number of carbonyl (C=O) groups is 1. The molecule has 0 atom stereocenters. The normalized spacial score (nSPS) is 14.5. The van der Waals surface area contributed by atoms with E-state index < -0.39 is 0 Å². The molecule has 0 bridgehead atoms. The Morgan fingerprint density at radius 1 is 0.914 bits per heavy atom. The van der Waals surface area contributed by atoms with E-state index in [-0.39, 0.29) is 11.7 Å². The van der Waals surface area contributed by atoms with Crippen molar-refractivity contribution in [1.29, 1.82) is 0 Å². The third-order valence-electron chi connectivity index (χ3n) is 6.57. The van der Waals surface area contributed by atoms with Gasteiger partial charge in [-0.15, -0.1) is 0 Å². The molecule has 0 aromatic heterocycles. The highest BCUT2D eigenvalue weighted by Gasteiger charge is 2.20. The Labute approximate surface area is 205 Å². The SMILES string of the molecule is O=C(N/N=C/c1c(O)ccc2ccccc12)c1ccc(C[NH+]2CCN(c3ccccc3)CC2)cc1. The van der Waals surface area contributed by atoms with Gasteiger partial charge in [0.25, 0.3) is 5.91 Å². The number of benzene rings is 4. The number of piperazine rings is 1. The Bertz CT molecular complexity index is 1330. The quantitative estimate of drug-likeness (QED) is 0.303. The molecule has 0 unspecified atom stereocenters. The fourth-order valence-corrected chi connectivity index (χ4v) is 4.60. The lowest BCUT2D eigenvalue weighted by molar-refractivity contribution is -0.914. The number of hydrogen-bond donors (Lipinski definition) is 3. The molecule has 6 heteroatoms. The molecule has 1 amide bonds. The first-order chi connectivity index (χ1) is 17.2. The van der Waals surface area contributed by atoms with Crippen molar-refractivity contribution < 1.29 is 14.8 Å². The summed E-state index contributed by atoms with van der Waals surface area (Å²) in [6, 6.07) is 29.5. The predicted octanol–water partition coefficient (Wildman–Crippen LogP) is 3.21. The number of rotatable bonds is 6. The minimum atomic E-state index is -0.281. The van der Waals surface area contributed by atoms with Crippen LogP contribution in [0.2, 0.25) is 0 Å². The van der Waals surface area contributed by atoms with Crippen LogP contribution in [-0.2, 0) is 6.54 Å². The van der Waals surface area contributed by atoms with Gasteiger partial charge in [-0.1, -0.05) is 60.7 Å². The van der Waals surface area contributed by atoms with Crippen LogP contribution in [-0.4, -0.2) is 43.4 Å². The highest BCUT2D eigenvalue weighted by molar-refractivity contribution is 6.03. The molecule has 35 heavy (non-hydrogen) atoms. The summed E-state index contributed by atoms with van der Waals surface area (Å²) in [6.45, 7) is 5.22. The fourth-order valence-electron chi connectivity index (χ4n) is 4.60. The first-order valence-electron chi connectivity index (χ1n) is 11.9. The van der Waals surface area contributed by atoms with Gasteiger partial charge < -0.3 is 14.9 Å². The lowest BCUT2D eigenvalue weighted by atomic mass is 10.0. The van der Waals surface area contributed by atoms with Crippen LogP contribution in [0.15, 0.2) is 96.1 Å². The lowest BCUT2D eigenvalue weighted by Crippen LogP contribution is -3.13. The molecular formula is C29H29N4O2+. The molecule has 0 aliphatic carbocycles. The molecule has 6 nitrogen and oxygen atoms in total. The zero-order chi connectivity index (χ0) is 24.0. The number of phenols is 1. The molecule has 176 valence electrons. The molecule has 1 heterocycles. The number of quaternary nitrogens is 1. The van der Waals surface area contributed by atoms with Crippen molar-refractivity contribution in [3.05, 3.63) is 108 Å². The van der Waals surface area contributed by atoms with E-state index in [0.29, 0.717) is 11.1 Å². The Kier molecular flexibility index (Phi) is 6.73. The molecule has 1 fully saturated rings. The number of hydrogen-bond acceptors (Lipinski definition) is 4. The van der Waals surface area contributed by atoms with Crippen molar-refractivity contribution in [3.63, 3.8) is 0 Å². The molecule has 1 aliphatic rings. The smallest absolute Gasteiger partial charge is 0.271 e. The van der Waals surface area contributed by atoms with E-state index in [1.54, 1.807) is 11.0 Å². The summed E-state index contributed by atoms with van der Waals surface area (Å²) in [4.78, 5) is 16.5. The van der Waals surface area contributed by atoms with Gasteiger partial charge in [0.15, 0.2) is 0 Å². The summed E-state index contributed by atoms with van der Waals surface area (Å²) in [5.41, 5.74) is 6.21. The first-order valence-corrected chi connectivity index (χ1v) is 11.9. The number of anilines is 1. The molecule has 5 rings (SSSR count). The minimum Gasteiger partial charge on any atom is -0.507 e. The second-order valence-electron chi connectivity index (χ2n) is 8.86. The van der Waals surface area contributed by atoms with Gasteiger partial charge in [-0.25, -0.2) is 5.43 Å². The number of hydrazone groups is 1. The summed E-state index contributed by atoms with van der Waals surface area (Å²) < 4.78 is 0. The number of aromatic hydroxyl groups is 1. The maximum Gasteiger partial charge on any atom is 0.271 e. The van der Waals surface area contributed by atoms with Crippen molar-refractivity contribution in [3.8, 4) is 5.75 Å². The topological polar surface area (TPSA) is 69.4 Å². The van der Waals surface area contributed by atoms with Gasteiger partial charge in [-0.3, -0.25) is 4.79 Å². The number of nitrogens with zero attached hydrogens (tertiary/aromatic N) is 2. The third-order valence-corrected chi connectivity index (χ3v) is 6.57. The molecule has 0 spiro atoms. The third kappa shape index (κ3) is 5.34. The highest BCUT2D eigenvalue weighted by atomic mass is 16.3. The highest BCUT2D eigenvalue weighted by Crippen LogP contribution is 2.25. The van der Waals surface area contributed by atoms with Crippen LogP contribution < -0.4 is 15.2 Å². The van der Waals surface area contributed by atoms with E-state index in [2.05, 4.69) is 45.8 Å². The molecular weight excluding hydrogens is 436 g/mol. The van der Waals surface area contributed by atoms with Crippen molar-refractivity contribution in [2.75, 3.05) is 31.1 Å². The van der Waals surface area contributed by atoms with Gasteiger partial charge >= 0.3 is 0 Å². The Hall–Kier alpha value is -4.16. The van der Waals surface area contributed by atoms with Gasteiger partial charge in [0.05, 0.1) is 32.4 Å². The monoisotopic (exact) mass is 465 g/mol. The molecule has 4 aromatic carbocycles. The molecule has 3 N–H and O–H groups in total. The first kappa shape index (κ1) is 22.6. The average Bonchev–Trinajstić information content (AvgIpc) is 2.91. The molecule has 1 saturated heterocycles. The van der Waals surface area contributed by atoms with E-state index >= 15 is 0 Å². The van der Waals surface area contributed by atoms with Gasteiger partial charge in [-0.05, 0) is 41.1 Å². The van der Waals surface area contributed by atoms with Gasteiger partial charge in [0.1, 0.15) is 12.3 Å². The number of nitrogens with one attached hydrogen (secondary N) is 2. The summed E-state index contributed by atoms with van der Waals surface area (Å²) in [7, 11) is 0. The molecule has 0 saturated carbocycles. The largest absolute Gasteiger partial charge is 0.507 e. The van der Waals surface area contributed by atoms with Gasteiger partial charge in [-0.2, -0.15) is 5.10 Å². The van der Waals surface area contributed by atoms with Crippen LogP contribution in [0.5, 0.6) is 5.75 Å². The minimum absolute atomic E-state index is 0.123. The van der Waals surface area contributed by atoms with Gasteiger partial charge in [0.2, 0.25) is 0 Å². The second kappa shape index (κ2) is 10.4. The van der Waals surface area contributed by atoms with Crippen LogP contribution in [0.4, 0.5) is 5.69 Å². The zero-order valence-corrected chi connectivity index (χ0v) is 19.5. The summed E-state index contributed by atoms with van der Waals surface area (Å²) >= 11 is 0. The van der Waals surface area contributed by atoms with Crippen molar-refractivity contribution in [2.24, 2.45) is 5.10 Å². The van der Waals surface area contributed by atoms with Gasteiger partial charge in [0, 0.05) is 22.4 Å². The summed E-state index contributed by atoms with van der Waals surface area (Å²) in [6.07, 6.45) is 1.49. The van der Waals surface area contributed by atoms with Crippen molar-refractivity contribution >= 4 is 28.6 Å². The summed E-state index contributed by atoms with van der Waals surface area (Å²) in [5, 5.41) is 16.2. The van der Waals surface area contributed by atoms with Crippen LogP contribution in [0.3, 0.4) is 0 Å². The maximum absolute atomic E-state index is 12.6. The van der Waals surface area contributed by atoms with Crippen molar-refractivity contribution in [1.82, 2.24) is 5.43 Å². The van der Waals surface area contributed by atoms with E-state index in [9.17, 15) is 9.90 Å². The number of carbonyl (C=O) groups excluding carboxylic acids is 1. The second-order valence-corrected chi connectivity index (χ2v) is 8.86. The van der Waals surface area contributed by atoms with E-state index in [1.165, 1.54) is 17.5 Å². The number of amides is 1. The standard InChI is InChI=1S/C29H28N4O2/c34-28-15-14-23-6-4-5-9-26(23)27(28)20-30-31-29(35)24-12-10-22(11-13-24)21-32-16-18-33(19-17-32)25-7-2-1-3-8-25/h1-15,20,34H,16-19,21H2,(H,31,35)/p+1/b30-20+. The van der Waals surface area contributed by atoms with E-state index in [4.69, 9.17) is 0 Å². The zero-order valence-electron chi connectivity index (χ0n) is 19.5. The molecule has 4 aromatic rings. The fraction of sp³-hybridized carbons (Fsp3) is 0.172. The maximum atomic E-state index is 12.6. The predicted molar refractivity (Wildman–Crippen MR) is 140 cm³/mol. The average molecular weight is 466 g/mol. The number of phenolic OH excluding ortho intramolecular Hbond substituents is 1. The van der Waals surface area contributed by atoms with Crippen molar-refractivity contribution in [2.45, 2.75) is 6.54 Å². The summed E-state index contributed by atoms with van der Waals surface area (Å²) in [5.74, 6) is -0.158. The Morgan fingerprint density at radius 2 is 1.63 bits per heavy atom. The van der Waals surface area contributed by atoms with E-state index in [1.807, 2.05) is 54.6 Å². The Morgan fingerprint density at radius 3 is 2.40 bits per heavy atom. The lowest BCUT2D eigenvalue weighted by Gasteiger charge is -2.33. The Balaban J connectivity index is 1.15.